The summed E-state index contributed by atoms with van der Waals surface area (Å²) in [7, 11) is 0. The monoisotopic (exact) mass is 736 g/mol. The van der Waals surface area contributed by atoms with E-state index in [4.69, 9.17) is 0 Å². The first kappa shape index (κ1) is 38.8. The second kappa shape index (κ2) is 14.2. The van der Waals surface area contributed by atoms with Crippen LogP contribution < -0.4 is 10.6 Å². The highest BCUT2D eigenvalue weighted by molar-refractivity contribution is 5.94. The maximum absolute atomic E-state index is 14.6. The largest absolute Gasteiger partial charge is 0.478 e. The Bertz CT molecular complexity index is 1800. The predicted octanol–water partition coefficient (Wildman–Crippen LogP) is 9.16. The van der Waals surface area contributed by atoms with Crippen LogP contribution in [0.2, 0.25) is 0 Å². The fraction of sp³-hybridized carbons (Fsp3) is 0.638. The summed E-state index contributed by atoms with van der Waals surface area (Å²) in [6.45, 7) is 19.2. The quantitative estimate of drug-likeness (QED) is 0.192. The average molecular weight is 737 g/mol. The molecule has 5 fully saturated rings. The first-order chi connectivity index (χ1) is 25.5. The van der Waals surface area contributed by atoms with Crippen LogP contribution in [-0.4, -0.2) is 40.6 Å². The van der Waals surface area contributed by atoms with E-state index in [-0.39, 0.29) is 45.6 Å². The molecule has 11 unspecified atom stereocenters. The van der Waals surface area contributed by atoms with Crippen molar-refractivity contribution >= 4 is 17.8 Å². The zero-order valence-electron chi connectivity index (χ0n) is 33.5. The van der Waals surface area contributed by atoms with Crippen molar-refractivity contribution in [2.24, 2.45) is 57.2 Å². The van der Waals surface area contributed by atoms with Crippen molar-refractivity contribution in [3.63, 3.8) is 0 Å². The summed E-state index contributed by atoms with van der Waals surface area (Å²) in [5.74, 6) is 1.93. The minimum absolute atomic E-state index is 0.0543. The molecule has 11 atom stereocenters. The van der Waals surface area contributed by atoms with Crippen LogP contribution in [-0.2, 0) is 11.3 Å². The molecule has 7 heteroatoms. The third-order valence-corrected chi connectivity index (χ3v) is 16.6. The molecule has 7 rings (SSSR count). The number of nitrogens with one attached hydrogen (secondary N) is 2. The number of allylic oxidation sites excluding steroid dienone is 1. The van der Waals surface area contributed by atoms with E-state index in [0.717, 1.165) is 49.7 Å². The van der Waals surface area contributed by atoms with E-state index in [0.29, 0.717) is 54.2 Å². The molecule has 5 aliphatic rings. The van der Waals surface area contributed by atoms with Gasteiger partial charge in [0.25, 0.3) is 5.91 Å². The van der Waals surface area contributed by atoms with Gasteiger partial charge >= 0.3 is 5.97 Å². The number of amides is 2. The summed E-state index contributed by atoms with van der Waals surface area (Å²) in [6, 6.07) is 14.3. The summed E-state index contributed by atoms with van der Waals surface area (Å²) in [5, 5.41) is 26.8. The molecular formula is C47H64N2O5. The Labute approximate surface area is 323 Å². The standard InChI is InChI=1S/C47H64N2O5/c1-28(2)34-16-22-47(23-17-36-35(40(34)47)14-15-38-45(36,6)20-18-37-44(4,5)39(50)19-21-46(37,38)7)43(54)49-27-30-10-8-12-32(24-30)41(51)48-26-29(3)31-11-9-13-33(25-31)42(52)53/h8-13,24-25,29,34-40,50H,1,14-23,26-27H2,2-7H3,(H,48,51)(H,49,54)(H,52,53). The van der Waals surface area contributed by atoms with Gasteiger partial charge in [0.2, 0.25) is 5.91 Å². The Balaban J connectivity index is 1.04. The second-order valence-corrected chi connectivity index (χ2v) is 19.5. The first-order valence-corrected chi connectivity index (χ1v) is 20.8. The van der Waals surface area contributed by atoms with E-state index in [9.17, 15) is 24.6 Å². The number of fused-ring (bicyclic) bond motifs is 7. The first-order valence-electron chi connectivity index (χ1n) is 20.8. The number of carbonyl (C=O) groups excluding carboxylic acids is 2. The zero-order chi connectivity index (χ0) is 38.8. The van der Waals surface area contributed by atoms with Crippen molar-refractivity contribution in [3.05, 3.63) is 82.9 Å². The molecule has 0 saturated heterocycles. The number of carboxylic acids is 1. The lowest BCUT2D eigenvalue weighted by atomic mass is 9.36. The van der Waals surface area contributed by atoms with Crippen LogP contribution in [0, 0.1) is 57.2 Å². The smallest absolute Gasteiger partial charge is 0.335 e. The predicted molar refractivity (Wildman–Crippen MR) is 213 cm³/mol. The van der Waals surface area contributed by atoms with E-state index in [1.54, 1.807) is 24.3 Å². The molecule has 0 bridgehead atoms. The lowest BCUT2D eigenvalue weighted by molar-refractivity contribution is -0.216. The summed E-state index contributed by atoms with van der Waals surface area (Å²) in [6.07, 6.45) is 10.6. The molecule has 0 aliphatic heterocycles. The van der Waals surface area contributed by atoms with Gasteiger partial charge in [0.05, 0.1) is 17.1 Å². The number of benzene rings is 2. The summed E-state index contributed by atoms with van der Waals surface area (Å²) in [5.41, 5.74) is 3.80. The van der Waals surface area contributed by atoms with Crippen LogP contribution in [0.15, 0.2) is 60.7 Å². The Morgan fingerprint density at radius 1 is 0.833 bits per heavy atom. The van der Waals surface area contributed by atoms with Gasteiger partial charge in [-0.2, -0.15) is 0 Å². The van der Waals surface area contributed by atoms with Gasteiger partial charge in [0, 0.05) is 18.7 Å². The van der Waals surface area contributed by atoms with Gasteiger partial charge < -0.3 is 20.8 Å². The lowest BCUT2D eigenvalue weighted by Gasteiger charge is -2.69. The van der Waals surface area contributed by atoms with Crippen LogP contribution in [0.5, 0.6) is 0 Å². The molecule has 0 heterocycles. The number of aliphatic hydroxyl groups excluding tert-OH is 1. The maximum Gasteiger partial charge on any atom is 0.335 e. The van der Waals surface area contributed by atoms with E-state index < -0.39 is 11.4 Å². The van der Waals surface area contributed by atoms with Gasteiger partial charge in [0.1, 0.15) is 0 Å². The molecule has 2 aromatic carbocycles. The molecular weight excluding hydrogens is 673 g/mol. The van der Waals surface area contributed by atoms with Crippen LogP contribution in [0.3, 0.4) is 0 Å². The van der Waals surface area contributed by atoms with E-state index in [1.165, 1.54) is 31.3 Å². The summed E-state index contributed by atoms with van der Waals surface area (Å²) >= 11 is 0. The molecule has 2 amide bonds. The molecule has 54 heavy (non-hydrogen) atoms. The number of rotatable bonds is 9. The molecule has 2 aromatic rings. The number of carboxylic acid groups (broad SMARTS) is 1. The van der Waals surface area contributed by atoms with Crippen LogP contribution in [0.1, 0.15) is 144 Å². The van der Waals surface area contributed by atoms with Crippen LogP contribution in [0.25, 0.3) is 0 Å². The Morgan fingerprint density at radius 2 is 1.54 bits per heavy atom. The summed E-state index contributed by atoms with van der Waals surface area (Å²) < 4.78 is 0. The molecule has 292 valence electrons. The molecule has 0 spiro atoms. The Kier molecular flexibility index (Phi) is 10.2. The third-order valence-electron chi connectivity index (χ3n) is 16.6. The third kappa shape index (κ3) is 6.34. The van der Waals surface area contributed by atoms with Crippen molar-refractivity contribution in [2.75, 3.05) is 6.54 Å². The van der Waals surface area contributed by atoms with Gasteiger partial charge in [-0.3, -0.25) is 9.59 Å². The lowest BCUT2D eigenvalue weighted by Crippen LogP contribution is -2.64. The van der Waals surface area contributed by atoms with Crippen molar-refractivity contribution in [1.82, 2.24) is 10.6 Å². The highest BCUT2D eigenvalue weighted by atomic mass is 16.4. The highest BCUT2D eigenvalue weighted by Gasteiger charge is 2.68. The Morgan fingerprint density at radius 3 is 2.28 bits per heavy atom. The number of carbonyl (C=O) groups is 3. The van der Waals surface area contributed by atoms with Gasteiger partial charge in [-0.05, 0) is 164 Å². The molecule has 5 aliphatic carbocycles. The topological polar surface area (TPSA) is 116 Å². The van der Waals surface area contributed by atoms with Crippen LogP contribution in [0.4, 0.5) is 0 Å². The van der Waals surface area contributed by atoms with E-state index in [2.05, 4.69) is 51.8 Å². The average Bonchev–Trinajstić information content (AvgIpc) is 3.56. The summed E-state index contributed by atoms with van der Waals surface area (Å²) in [4.78, 5) is 39.3. The SMILES string of the molecule is C=C(C)C1CCC2(C(=O)NCc3cccc(C(=O)NCC(C)c4cccc(C(=O)O)c4)c3)CCC3C(CCC4C3(C)CCC3C(C)(C)C(O)CCC34C)C12. The maximum atomic E-state index is 14.6. The molecule has 7 nitrogen and oxygen atoms in total. The van der Waals surface area contributed by atoms with Crippen LogP contribution >= 0.6 is 0 Å². The fourth-order valence-corrected chi connectivity index (χ4v) is 13.8. The van der Waals surface area contributed by atoms with Crippen molar-refractivity contribution in [1.29, 1.82) is 0 Å². The van der Waals surface area contributed by atoms with E-state index in [1.807, 2.05) is 31.2 Å². The normalized spacial score (nSPS) is 37.1. The number of aromatic carboxylic acids is 1. The minimum atomic E-state index is -0.969. The van der Waals surface area contributed by atoms with Gasteiger partial charge in [0.15, 0.2) is 0 Å². The fourth-order valence-electron chi connectivity index (χ4n) is 13.8. The molecule has 0 radical (unpaired) electrons. The molecule has 4 N–H and O–H groups in total. The van der Waals surface area contributed by atoms with Gasteiger partial charge in [-0.1, -0.05) is 71.0 Å². The zero-order valence-corrected chi connectivity index (χ0v) is 33.5. The van der Waals surface area contributed by atoms with E-state index >= 15 is 0 Å². The number of hydrogen-bond acceptors (Lipinski definition) is 4. The van der Waals surface area contributed by atoms with Crippen molar-refractivity contribution < 1.29 is 24.6 Å². The number of aliphatic hydroxyl groups is 1. The number of hydrogen-bond donors (Lipinski definition) is 4. The van der Waals surface area contributed by atoms with Crippen molar-refractivity contribution in [3.8, 4) is 0 Å². The second-order valence-electron chi connectivity index (χ2n) is 19.5. The van der Waals surface area contributed by atoms with Crippen molar-refractivity contribution in [2.45, 2.75) is 124 Å². The van der Waals surface area contributed by atoms with Gasteiger partial charge in [-0.25, -0.2) is 4.79 Å². The Hall–Kier alpha value is -3.45. The van der Waals surface area contributed by atoms with Gasteiger partial charge in [-0.15, -0.1) is 0 Å². The minimum Gasteiger partial charge on any atom is -0.478 e. The molecule has 5 saturated carbocycles. The molecule has 0 aromatic heterocycles. The highest BCUT2D eigenvalue weighted by Crippen LogP contribution is 2.73.